The summed E-state index contributed by atoms with van der Waals surface area (Å²) in [6.07, 6.45) is -2.63. The lowest BCUT2D eigenvalue weighted by Crippen LogP contribution is -2.53. The van der Waals surface area contributed by atoms with E-state index in [2.05, 4.69) is 0 Å². The Bertz CT molecular complexity index is 461. The molecule has 2 heterocycles. The Morgan fingerprint density at radius 2 is 1.75 bits per heavy atom. The van der Waals surface area contributed by atoms with E-state index in [0.29, 0.717) is 0 Å². The second-order valence-electron chi connectivity index (χ2n) is 5.62. The monoisotopic (exact) mass is 280 g/mol. The minimum atomic E-state index is -1.03. The fraction of sp³-hybridized carbons (Fsp3) is 0.600. The molecule has 110 valence electrons. The van der Waals surface area contributed by atoms with Gasteiger partial charge in [0.05, 0.1) is 0 Å². The average Bonchev–Trinajstić information content (AvgIpc) is 2.75. The van der Waals surface area contributed by atoms with Crippen LogP contribution in [0.15, 0.2) is 30.3 Å². The van der Waals surface area contributed by atoms with Crippen LogP contribution in [0.1, 0.15) is 25.5 Å². The lowest BCUT2D eigenvalue weighted by atomic mass is 9.94. The molecule has 2 fully saturated rings. The van der Waals surface area contributed by atoms with Crippen molar-refractivity contribution in [2.24, 2.45) is 0 Å². The van der Waals surface area contributed by atoms with E-state index in [4.69, 9.17) is 18.9 Å². The zero-order valence-corrected chi connectivity index (χ0v) is 11.9. The highest BCUT2D eigenvalue weighted by Gasteiger charge is 2.55. The molecular formula is C15H20O5. The van der Waals surface area contributed by atoms with Crippen LogP contribution in [0.25, 0.3) is 0 Å². The van der Waals surface area contributed by atoms with Crippen molar-refractivity contribution < 1.29 is 24.1 Å². The molecule has 0 saturated carbocycles. The van der Waals surface area contributed by atoms with Crippen LogP contribution in [-0.4, -0.2) is 42.6 Å². The molecule has 0 aliphatic carbocycles. The average molecular weight is 280 g/mol. The van der Waals surface area contributed by atoms with Crippen molar-refractivity contribution in [1.82, 2.24) is 0 Å². The normalized spacial score (nSPS) is 39.5. The molecule has 2 aliphatic heterocycles. The van der Waals surface area contributed by atoms with Gasteiger partial charge in [-0.25, -0.2) is 0 Å². The lowest BCUT2D eigenvalue weighted by Gasteiger charge is -2.39. The topological polar surface area (TPSA) is 57.2 Å². The van der Waals surface area contributed by atoms with Gasteiger partial charge in [-0.1, -0.05) is 30.3 Å². The third-order valence-electron chi connectivity index (χ3n) is 3.75. The molecule has 5 nitrogen and oxygen atoms in total. The van der Waals surface area contributed by atoms with Gasteiger partial charge in [0.15, 0.2) is 12.1 Å². The third-order valence-corrected chi connectivity index (χ3v) is 3.75. The van der Waals surface area contributed by atoms with Crippen molar-refractivity contribution in [3.05, 3.63) is 35.9 Å². The van der Waals surface area contributed by atoms with Gasteiger partial charge in [-0.2, -0.15) is 0 Å². The van der Waals surface area contributed by atoms with Crippen LogP contribution in [0.5, 0.6) is 0 Å². The number of methoxy groups -OCH3 is 1. The first-order valence-corrected chi connectivity index (χ1v) is 6.79. The first-order chi connectivity index (χ1) is 9.52. The van der Waals surface area contributed by atoms with Crippen molar-refractivity contribution in [3.8, 4) is 0 Å². The van der Waals surface area contributed by atoms with Crippen molar-refractivity contribution in [3.63, 3.8) is 0 Å². The van der Waals surface area contributed by atoms with Gasteiger partial charge in [0.25, 0.3) is 0 Å². The zero-order valence-electron chi connectivity index (χ0n) is 11.9. The van der Waals surface area contributed by atoms with Crippen molar-refractivity contribution in [1.29, 1.82) is 0 Å². The summed E-state index contributed by atoms with van der Waals surface area (Å²) in [4.78, 5) is 0. The maximum Gasteiger partial charge on any atom is 0.184 e. The van der Waals surface area contributed by atoms with Gasteiger partial charge in [0.1, 0.15) is 24.4 Å². The number of aliphatic hydroxyl groups excluding tert-OH is 1. The third kappa shape index (κ3) is 2.36. The molecule has 2 saturated heterocycles. The van der Waals surface area contributed by atoms with Crippen LogP contribution in [-0.2, 0) is 18.9 Å². The summed E-state index contributed by atoms with van der Waals surface area (Å²) >= 11 is 0. The summed E-state index contributed by atoms with van der Waals surface area (Å²) in [5, 5.41) is 10.2. The van der Waals surface area contributed by atoms with E-state index in [1.165, 1.54) is 0 Å². The number of ether oxygens (including phenoxy) is 4. The molecule has 1 aromatic carbocycles. The van der Waals surface area contributed by atoms with Crippen LogP contribution in [0.4, 0.5) is 0 Å². The van der Waals surface area contributed by atoms with E-state index < -0.39 is 18.2 Å². The summed E-state index contributed by atoms with van der Waals surface area (Å²) in [5.41, 5.74) is 0.949. The Kier molecular flexibility index (Phi) is 3.56. The van der Waals surface area contributed by atoms with Crippen molar-refractivity contribution in [2.45, 2.75) is 50.3 Å². The quantitative estimate of drug-likeness (QED) is 0.892. The predicted octanol–water partition coefficient (Wildman–Crippen LogP) is 1.61. The van der Waals surface area contributed by atoms with Crippen molar-refractivity contribution >= 4 is 0 Å². The van der Waals surface area contributed by atoms with E-state index >= 15 is 0 Å². The predicted molar refractivity (Wildman–Crippen MR) is 70.9 cm³/mol. The second kappa shape index (κ2) is 5.09. The van der Waals surface area contributed by atoms with Gasteiger partial charge in [-0.3, -0.25) is 0 Å². The molecule has 0 spiro atoms. The summed E-state index contributed by atoms with van der Waals surface area (Å²) in [7, 11) is 1.62. The first kappa shape index (κ1) is 14.0. The Labute approximate surface area is 118 Å². The first-order valence-electron chi connectivity index (χ1n) is 6.79. The number of fused-ring (bicyclic) bond motifs is 1. The zero-order chi connectivity index (χ0) is 14.3. The Hall–Kier alpha value is -0.980. The SMILES string of the molecule is CO[C@@H]1[C@H]2OC(C)(C)O[C@H]2C(O)O[C@@H]1c1ccccc1. The van der Waals surface area contributed by atoms with Crippen LogP contribution >= 0.6 is 0 Å². The van der Waals surface area contributed by atoms with E-state index in [1.807, 2.05) is 44.2 Å². The number of hydrogen-bond donors (Lipinski definition) is 1. The maximum absolute atomic E-state index is 10.2. The number of benzene rings is 1. The van der Waals surface area contributed by atoms with Crippen molar-refractivity contribution in [2.75, 3.05) is 7.11 Å². The molecule has 2 aliphatic rings. The molecule has 1 unspecified atom stereocenters. The van der Waals surface area contributed by atoms with E-state index in [9.17, 15) is 5.11 Å². The fourth-order valence-corrected chi connectivity index (χ4v) is 2.94. The van der Waals surface area contributed by atoms with E-state index in [-0.39, 0.29) is 18.3 Å². The summed E-state index contributed by atoms with van der Waals surface area (Å²) in [6.45, 7) is 3.64. The molecule has 0 bridgehead atoms. The molecular weight excluding hydrogens is 260 g/mol. The van der Waals surface area contributed by atoms with Gasteiger partial charge in [0, 0.05) is 7.11 Å². The molecule has 0 amide bonds. The Morgan fingerprint density at radius 3 is 2.40 bits per heavy atom. The highest BCUT2D eigenvalue weighted by molar-refractivity contribution is 5.20. The molecule has 0 radical (unpaired) electrons. The van der Waals surface area contributed by atoms with Crippen LogP contribution < -0.4 is 0 Å². The Morgan fingerprint density at radius 1 is 1.10 bits per heavy atom. The summed E-state index contributed by atoms with van der Waals surface area (Å²) in [6, 6.07) is 9.70. The molecule has 0 aromatic heterocycles. The smallest absolute Gasteiger partial charge is 0.184 e. The Balaban J connectivity index is 1.91. The standard InChI is InChI=1S/C15H20O5/c1-15(2)19-12-11(17-3)10(9-7-5-4-6-8-9)18-14(16)13(12)20-15/h4-8,10-14,16H,1-3H3/t10-,11+,12-,13-,14?/m1/s1. The molecule has 1 aromatic rings. The van der Waals surface area contributed by atoms with Gasteiger partial charge >= 0.3 is 0 Å². The number of hydrogen-bond acceptors (Lipinski definition) is 5. The fourth-order valence-electron chi connectivity index (χ4n) is 2.94. The molecule has 5 heteroatoms. The van der Waals surface area contributed by atoms with Crippen LogP contribution in [0.3, 0.4) is 0 Å². The van der Waals surface area contributed by atoms with E-state index in [1.54, 1.807) is 7.11 Å². The van der Waals surface area contributed by atoms with Crippen LogP contribution in [0.2, 0.25) is 0 Å². The molecule has 20 heavy (non-hydrogen) atoms. The minimum absolute atomic E-state index is 0.326. The van der Waals surface area contributed by atoms with Gasteiger partial charge in [-0.15, -0.1) is 0 Å². The highest BCUT2D eigenvalue weighted by atomic mass is 16.8. The minimum Gasteiger partial charge on any atom is -0.376 e. The maximum atomic E-state index is 10.2. The molecule has 5 atom stereocenters. The van der Waals surface area contributed by atoms with Gasteiger partial charge in [0.2, 0.25) is 0 Å². The van der Waals surface area contributed by atoms with E-state index in [0.717, 1.165) is 5.56 Å². The summed E-state index contributed by atoms with van der Waals surface area (Å²) in [5.74, 6) is -0.748. The second-order valence-corrected chi connectivity index (χ2v) is 5.62. The lowest BCUT2D eigenvalue weighted by molar-refractivity contribution is -0.264. The largest absolute Gasteiger partial charge is 0.376 e. The summed E-state index contributed by atoms with van der Waals surface area (Å²) < 4.78 is 22.9. The molecule has 3 rings (SSSR count). The van der Waals surface area contributed by atoms with Crippen LogP contribution in [0, 0.1) is 0 Å². The van der Waals surface area contributed by atoms with Gasteiger partial charge in [-0.05, 0) is 19.4 Å². The highest BCUT2D eigenvalue weighted by Crippen LogP contribution is 2.42. The van der Waals surface area contributed by atoms with Gasteiger partial charge < -0.3 is 24.1 Å². The number of rotatable bonds is 2. The molecule has 1 N–H and O–H groups in total. The number of aliphatic hydroxyl groups is 1.